The summed E-state index contributed by atoms with van der Waals surface area (Å²) in [5.41, 5.74) is 9.33. The molecule has 194 valence electrons. The zero-order chi connectivity index (χ0) is 27.5. The Kier molecular flexibility index (Phi) is 6.94. The fraction of sp³-hybridized carbons (Fsp3) is 0.0345. The number of aromatic carboxylic acids is 2. The van der Waals surface area contributed by atoms with Crippen molar-refractivity contribution in [3.8, 4) is 10.6 Å². The van der Waals surface area contributed by atoms with Crippen molar-refractivity contribution in [1.82, 2.24) is 14.6 Å². The quantitative estimate of drug-likeness (QED) is 0.187. The van der Waals surface area contributed by atoms with Crippen LogP contribution >= 0.6 is 11.3 Å². The number of aromatic nitrogens is 3. The lowest BCUT2D eigenvalue weighted by molar-refractivity contribution is 0.0685. The van der Waals surface area contributed by atoms with Gasteiger partial charge in [0.05, 0.1) is 22.2 Å². The van der Waals surface area contributed by atoms with Crippen LogP contribution in [0.3, 0.4) is 0 Å². The molecule has 0 spiro atoms. The average molecular weight is 538 g/mol. The van der Waals surface area contributed by atoms with E-state index in [0.717, 1.165) is 16.2 Å². The second-order valence-corrected chi connectivity index (χ2v) is 9.70. The van der Waals surface area contributed by atoms with E-state index in [4.69, 9.17) is 15.9 Å². The van der Waals surface area contributed by atoms with Crippen LogP contribution in [0.1, 0.15) is 26.3 Å². The number of fused-ring (bicyclic) bond motifs is 2. The second-order valence-electron chi connectivity index (χ2n) is 8.62. The molecule has 39 heavy (non-hydrogen) atoms. The monoisotopic (exact) mass is 537 g/mol. The molecule has 3 heterocycles. The number of carbonyl (C=O) groups is 2. The topological polar surface area (TPSA) is 143 Å². The molecule has 0 fully saturated rings. The van der Waals surface area contributed by atoms with Crippen molar-refractivity contribution in [2.75, 3.05) is 11.1 Å². The van der Waals surface area contributed by atoms with Gasteiger partial charge in [0.1, 0.15) is 5.69 Å². The largest absolute Gasteiger partial charge is 0.478 e. The van der Waals surface area contributed by atoms with Crippen LogP contribution in [0.4, 0.5) is 17.2 Å². The summed E-state index contributed by atoms with van der Waals surface area (Å²) in [6.07, 6.45) is 1.83. The lowest BCUT2D eigenvalue weighted by atomic mass is 10.1. The molecule has 9 nitrogen and oxygen atoms in total. The number of nitrogen functional groups attached to an aromatic ring is 1. The molecule has 6 rings (SSSR count). The minimum Gasteiger partial charge on any atom is -0.478 e. The first kappa shape index (κ1) is 25.4. The van der Waals surface area contributed by atoms with Crippen LogP contribution in [0.5, 0.6) is 0 Å². The van der Waals surface area contributed by atoms with Gasteiger partial charge in [0.15, 0.2) is 11.5 Å². The van der Waals surface area contributed by atoms with E-state index in [-0.39, 0.29) is 11.1 Å². The van der Waals surface area contributed by atoms with Crippen molar-refractivity contribution in [2.45, 2.75) is 6.92 Å². The molecule has 0 atom stereocenters. The number of nitrogens with zero attached hydrogens (tertiary/aromatic N) is 3. The van der Waals surface area contributed by atoms with Crippen LogP contribution in [-0.2, 0) is 0 Å². The van der Waals surface area contributed by atoms with E-state index in [1.165, 1.54) is 22.2 Å². The number of carboxylic acids is 2. The van der Waals surface area contributed by atoms with E-state index < -0.39 is 11.9 Å². The highest BCUT2D eigenvalue weighted by Gasteiger charge is 2.13. The van der Waals surface area contributed by atoms with Gasteiger partial charge in [0, 0.05) is 16.1 Å². The molecule has 10 heteroatoms. The van der Waals surface area contributed by atoms with E-state index >= 15 is 0 Å². The number of thiophene rings is 1. The molecular weight excluding hydrogens is 514 g/mol. The van der Waals surface area contributed by atoms with Crippen molar-refractivity contribution in [2.24, 2.45) is 0 Å². The van der Waals surface area contributed by atoms with E-state index in [1.54, 1.807) is 42.5 Å². The van der Waals surface area contributed by atoms with Gasteiger partial charge in [-0.3, -0.25) is 0 Å². The molecule has 0 saturated heterocycles. The number of rotatable bonds is 5. The highest BCUT2D eigenvalue weighted by Crippen LogP contribution is 2.33. The minimum atomic E-state index is -0.952. The van der Waals surface area contributed by atoms with Crippen LogP contribution in [0, 0.1) is 6.92 Å². The molecule has 5 N–H and O–H groups in total. The van der Waals surface area contributed by atoms with Crippen LogP contribution in [0.25, 0.3) is 26.3 Å². The van der Waals surface area contributed by atoms with E-state index in [9.17, 15) is 14.7 Å². The fourth-order valence-electron chi connectivity index (χ4n) is 4.03. The Morgan fingerprint density at radius 2 is 1.72 bits per heavy atom. The average Bonchev–Trinajstić information content (AvgIpc) is 3.54. The Morgan fingerprint density at radius 1 is 0.923 bits per heavy atom. The first-order valence-electron chi connectivity index (χ1n) is 11.8. The van der Waals surface area contributed by atoms with Gasteiger partial charge in [0.2, 0.25) is 0 Å². The van der Waals surface area contributed by atoms with Gasteiger partial charge >= 0.3 is 11.9 Å². The van der Waals surface area contributed by atoms with Gasteiger partial charge in [-0.25, -0.2) is 19.1 Å². The zero-order valence-electron chi connectivity index (χ0n) is 20.7. The highest BCUT2D eigenvalue weighted by molar-refractivity contribution is 7.22. The van der Waals surface area contributed by atoms with Crippen LogP contribution < -0.4 is 11.1 Å². The van der Waals surface area contributed by atoms with E-state index in [1.807, 2.05) is 41.0 Å². The Morgan fingerprint density at radius 3 is 2.44 bits per heavy atom. The molecule has 0 radical (unpaired) electrons. The number of imidazole rings is 1. The maximum absolute atomic E-state index is 11.4. The van der Waals surface area contributed by atoms with E-state index in [2.05, 4.69) is 28.5 Å². The van der Waals surface area contributed by atoms with Crippen molar-refractivity contribution < 1.29 is 19.8 Å². The predicted octanol–water partition coefficient (Wildman–Crippen LogP) is 6.33. The smallest absolute Gasteiger partial charge is 0.336 e. The molecule has 0 aliphatic rings. The van der Waals surface area contributed by atoms with Gasteiger partial charge in [0.25, 0.3) is 0 Å². The van der Waals surface area contributed by atoms with Gasteiger partial charge < -0.3 is 21.3 Å². The number of carboxylic acid groups (broad SMARTS) is 2. The Labute approximate surface area is 226 Å². The van der Waals surface area contributed by atoms with Crippen LogP contribution in [-0.4, -0.2) is 36.7 Å². The number of hydrogen-bond donors (Lipinski definition) is 4. The normalized spacial score (nSPS) is 10.7. The van der Waals surface area contributed by atoms with Crippen molar-refractivity contribution in [3.63, 3.8) is 0 Å². The molecule has 0 bridgehead atoms. The minimum absolute atomic E-state index is 0.222. The molecule has 0 aliphatic carbocycles. The lowest BCUT2D eigenvalue weighted by Gasteiger charge is -2.11. The third-order valence-corrected chi connectivity index (χ3v) is 7.14. The van der Waals surface area contributed by atoms with Crippen molar-refractivity contribution in [3.05, 3.63) is 108 Å². The van der Waals surface area contributed by atoms with E-state index in [0.29, 0.717) is 22.8 Å². The third kappa shape index (κ3) is 5.41. The number of nitrogens with one attached hydrogen (secondary N) is 1. The van der Waals surface area contributed by atoms with Crippen molar-refractivity contribution >= 4 is 56.2 Å². The summed E-state index contributed by atoms with van der Waals surface area (Å²) >= 11 is 1.70. The molecule has 0 saturated carbocycles. The first-order chi connectivity index (χ1) is 18.8. The number of hydrogen-bond acceptors (Lipinski definition) is 7. The molecule has 0 aliphatic heterocycles. The van der Waals surface area contributed by atoms with Gasteiger partial charge in [-0.1, -0.05) is 30.3 Å². The second kappa shape index (κ2) is 10.6. The summed E-state index contributed by atoms with van der Waals surface area (Å²) in [5, 5.41) is 26.9. The number of anilines is 3. The molecule has 6 aromatic rings. The SMILES string of the molecule is Cc1c(Nc2ccc3ncc(-c4cc5ccccc5s4)n3n2)cccc1C(=O)O.Nc1cccc(C(=O)O)c1. The maximum Gasteiger partial charge on any atom is 0.336 e. The Bertz CT molecular complexity index is 1810. The summed E-state index contributed by atoms with van der Waals surface area (Å²) < 4.78 is 3.02. The van der Waals surface area contributed by atoms with Crippen molar-refractivity contribution in [1.29, 1.82) is 0 Å². The molecule has 3 aromatic carbocycles. The third-order valence-electron chi connectivity index (χ3n) is 6.00. The Hall–Kier alpha value is -5.22. The standard InChI is InChI=1S/C22H16N4O2S.C7H7NO2/c1-13-15(22(27)28)6-4-7-16(13)24-20-9-10-21-23-12-17(26(21)25-20)19-11-14-5-2-3-8-18(14)29-19;8-6-3-1-2-5(4-6)7(9)10/h2-12H,1H3,(H,24,25)(H,27,28);1-4H,8H2,(H,9,10). The zero-order valence-corrected chi connectivity index (χ0v) is 21.5. The van der Waals surface area contributed by atoms with Gasteiger partial charge in [-0.2, -0.15) is 0 Å². The molecule has 3 aromatic heterocycles. The summed E-state index contributed by atoms with van der Waals surface area (Å²) in [7, 11) is 0. The Balaban J connectivity index is 0.000000261. The molecular formula is C29H23N5O4S. The van der Waals surface area contributed by atoms with Crippen LogP contribution in [0.2, 0.25) is 0 Å². The summed E-state index contributed by atoms with van der Waals surface area (Å²) in [4.78, 5) is 27.2. The predicted molar refractivity (Wildman–Crippen MR) is 153 cm³/mol. The lowest BCUT2D eigenvalue weighted by Crippen LogP contribution is -2.04. The van der Waals surface area contributed by atoms with Crippen LogP contribution in [0.15, 0.2) is 91.1 Å². The molecule has 0 amide bonds. The number of nitrogens with two attached hydrogens (primary N) is 1. The maximum atomic E-state index is 11.4. The summed E-state index contributed by atoms with van der Waals surface area (Å²) in [6, 6.07) is 25.5. The molecule has 0 unspecified atom stereocenters. The summed E-state index contributed by atoms with van der Waals surface area (Å²) in [6.45, 7) is 1.78. The highest BCUT2D eigenvalue weighted by atomic mass is 32.1. The van der Waals surface area contributed by atoms with Gasteiger partial charge in [-0.15, -0.1) is 16.4 Å². The summed E-state index contributed by atoms with van der Waals surface area (Å²) in [5.74, 6) is -1.29. The van der Waals surface area contributed by atoms with Gasteiger partial charge in [-0.05, 0) is 72.5 Å². The fourth-order valence-corrected chi connectivity index (χ4v) is 5.09. The number of benzene rings is 3. The first-order valence-corrected chi connectivity index (χ1v) is 12.6.